The molecule has 4 rings (SSSR count). The highest BCUT2D eigenvalue weighted by Gasteiger charge is 2.21. The molecule has 1 N–H and O–H groups in total. The maximum Gasteiger partial charge on any atom is 0.227 e. The third kappa shape index (κ3) is 4.43. The number of carbonyl (C=O) groups excluding carboxylic acids is 2. The minimum absolute atomic E-state index is 0.120. The van der Waals surface area contributed by atoms with Crippen LogP contribution in [0.3, 0.4) is 0 Å². The summed E-state index contributed by atoms with van der Waals surface area (Å²) in [6.45, 7) is 4.86. The van der Waals surface area contributed by atoms with Crippen LogP contribution in [0.25, 0.3) is 11.3 Å². The number of rotatable bonds is 6. The number of nitrogens with zero attached hydrogens (tertiary/aromatic N) is 2. The van der Waals surface area contributed by atoms with Crippen molar-refractivity contribution in [2.24, 2.45) is 0 Å². The molecule has 0 radical (unpaired) electrons. The van der Waals surface area contributed by atoms with Gasteiger partial charge in [0.1, 0.15) is 0 Å². The Morgan fingerprint density at radius 1 is 1.17 bits per heavy atom. The maximum atomic E-state index is 12.4. The minimum atomic E-state index is -0.120. The van der Waals surface area contributed by atoms with E-state index in [4.69, 9.17) is 4.42 Å². The highest BCUT2D eigenvalue weighted by molar-refractivity contribution is 5.97. The van der Waals surface area contributed by atoms with Gasteiger partial charge in [-0.15, -0.1) is 0 Å². The lowest BCUT2D eigenvalue weighted by Gasteiger charge is -2.16. The summed E-state index contributed by atoms with van der Waals surface area (Å²) in [4.78, 5) is 30.4. The Bertz CT molecular complexity index is 1090. The summed E-state index contributed by atoms with van der Waals surface area (Å²) in [5, 5.41) is 2.90. The molecule has 0 spiro atoms. The van der Waals surface area contributed by atoms with Crippen LogP contribution in [0.4, 0.5) is 11.4 Å². The second-order valence-electron chi connectivity index (χ2n) is 7.66. The van der Waals surface area contributed by atoms with Gasteiger partial charge in [0, 0.05) is 42.7 Å². The van der Waals surface area contributed by atoms with Crippen LogP contribution in [0.5, 0.6) is 0 Å². The third-order valence-electron chi connectivity index (χ3n) is 5.43. The number of hydrogen-bond acceptors (Lipinski definition) is 4. The van der Waals surface area contributed by atoms with Gasteiger partial charge < -0.3 is 14.6 Å². The average Bonchev–Trinajstić information content (AvgIpc) is 3.38. The van der Waals surface area contributed by atoms with E-state index in [1.165, 1.54) is 11.1 Å². The Labute approximate surface area is 175 Å². The van der Waals surface area contributed by atoms with Gasteiger partial charge >= 0.3 is 0 Å². The van der Waals surface area contributed by atoms with E-state index in [9.17, 15) is 9.59 Å². The van der Waals surface area contributed by atoms with Crippen molar-refractivity contribution in [1.29, 1.82) is 0 Å². The van der Waals surface area contributed by atoms with E-state index >= 15 is 0 Å². The second kappa shape index (κ2) is 8.53. The van der Waals surface area contributed by atoms with Gasteiger partial charge in [0.2, 0.25) is 11.8 Å². The molecular weight excluding hydrogens is 378 g/mol. The van der Waals surface area contributed by atoms with E-state index in [0.29, 0.717) is 30.2 Å². The summed E-state index contributed by atoms with van der Waals surface area (Å²) in [5.41, 5.74) is 4.91. The summed E-state index contributed by atoms with van der Waals surface area (Å²) in [7, 11) is 0. The van der Waals surface area contributed by atoms with Gasteiger partial charge in [-0.25, -0.2) is 4.98 Å². The first-order chi connectivity index (χ1) is 14.5. The number of nitrogens with one attached hydrogen (secondary N) is 1. The zero-order chi connectivity index (χ0) is 21.1. The molecule has 1 aliphatic heterocycles. The molecule has 154 valence electrons. The Morgan fingerprint density at radius 2 is 2.03 bits per heavy atom. The molecule has 3 aromatic rings. The van der Waals surface area contributed by atoms with E-state index in [-0.39, 0.29) is 18.2 Å². The monoisotopic (exact) mass is 403 g/mol. The molecule has 0 aliphatic carbocycles. The summed E-state index contributed by atoms with van der Waals surface area (Å²) in [6.07, 6.45) is 3.83. The fourth-order valence-corrected chi connectivity index (χ4v) is 3.57. The number of aromatic nitrogens is 1. The zero-order valence-electron chi connectivity index (χ0n) is 17.3. The average molecular weight is 403 g/mol. The first kappa shape index (κ1) is 19.9. The van der Waals surface area contributed by atoms with E-state index in [1.807, 2.05) is 30.3 Å². The number of hydrogen-bond donors (Lipinski definition) is 1. The Hall–Kier alpha value is -3.41. The normalized spacial score (nSPS) is 13.7. The lowest BCUT2D eigenvalue weighted by molar-refractivity contribution is -0.117. The molecule has 0 bridgehead atoms. The van der Waals surface area contributed by atoms with Crippen molar-refractivity contribution in [3.63, 3.8) is 0 Å². The predicted molar refractivity (Wildman–Crippen MR) is 116 cm³/mol. The Balaban J connectivity index is 1.35. The first-order valence-electron chi connectivity index (χ1n) is 10.2. The van der Waals surface area contributed by atoms with Crippen LogP contribution in [0.2, 0.25) is 0 Å². The summed E-state index contributed by atoms with van der Waals surface area (Å²) < 4.78 is 5.83. The Morgan fingerprint density at radius 3 is 2.80 bits per heavy atom. The van der Waals surface area contributed by atoms with Gasteiger partial charge in [0.05, 0.1) is 6.20 Å². The molecule has 6 heteroatoms. The van der Waals surface area contributed by atoms with Gasteiger partial charge in [-0.3, -0.25) is 9.59 Å². The third-order valence-corrected chi connectivity index (χ3v) is 5.43. The van der Waals surface area contributed by atoms with Crippen LogP contribution in [0.15, 0.2) is 53.1 Å². The summed E-state index contributed by atoms with van der Waals surface area (Å²) >= 11 is 0. The number of aryl methyl sites for hydroxylation is 3. The second-order valence-corrected chi connectivity index (χ2v) is 7.66. The topological polar surface area (TPSA) is 75.4 Å². The van der Waals surface area contributed by atoms with Crippen molar-refractivity contribution < 1.29 is 14.0 Å². The zero-order valence-corrected chi connectivity index (χ0v) is 17.3. The van der Waals surface area contributed by atoms with E-state index in [0.717, 1.165) is 24.2 Å². The van der Waals surface area contributed by atoms with Gasteiger partial charge in [-0.05, 0) is 55.7 Å². The molecular formula is C24H25N3O3. The minimum Gasteiger partial charge on any atom is -0.441 e. The van der Waals surface area contributed by atoms with Crippen LogP contribution in [0.1, 0.15) is 36.3 Å². The predicted octanol–water partition coefficient (Wildman–Crippen LogP) is 4.66. The van der Waals surface area contributed by atoms with Crippen molar-refractivity contribution in [3.8, 4) is 11.3 Å². The van der Waals surface area contributed by atoms with Crippen molar-refractivity contribution in [2.75, 3.05) is 16.8 Å². The molecule has 30 heavy (non-hydrogen) atoms. The fraction of sp³-hybridized carbons (Fsp3) is 0.292. The quantitative estimate of drug-likeness (QED) is 0.650. The SMILES string of the molecule is Cc1ccc(-c2cnc(CCC(=O)Nc3cccc(N4CCCC4=O)c3)o2)cc1C. The highest BCUT2D eigenvalue weighted by atomic mass is 16.4. The first-order valence-corrected chi connectivity index (χ1v) is 10.2. The number of anilines is 2. The molecule has 1 saturated heterocycles. The van der Waals surface area contributed by atoms with Crippen LogP contribution >= 0.6 is 0 Å². The molecule has 0 atom stereocenters. The summed E-state index contributed by atoms with van der Waals surface area (Å²) in [6, 6.07) is 13.5. The van der Waals surface area contributed by atoms with Crippen LogP contribution < -0.4 is 10.2 Å². The Kier molecular flexibility index (Phi) is 5.65. The van der Waals surface area contributed by atoms with Crippen molar-refractivity contribution in [1.82, 2.24) is 4.98 Å². The van der Waals surface area contributed by atoms with Crippen LogP contribution in [-0.4, -0.2) is 23.3 Å². The number of oxazole rings is 1. The van der Waals surface area contributed by atoms with E-state index in [2.05, 4.69) is 36.3 Å². The number of benzene rings is 2. The van der Waals surface area contributed by atoms with Gasteiger partial charge in [0.15, 0.2) is 11.7 Å². The van der Waals surface area contributed by atoms with E-state index < -0.39 is 0 Å². The molecule has 0 unspecified atom stereocenters. The molecule has 2 heterocycles. The molecule has 0 saturated carbocycles. The van der Waals surface area contributed by atoms with Crippen molar-refractivity contribution >= 4 is 23.2 Å². The molecule has 2 aromatic carbocycles. The van der Waals surface area contributed by atoms with Crippen LogP contribution in [0, 0.1) is 13.8 Å². The molecule has 1 aromatic heterocycles. The van der Waals surface area contributed by atoms with Crippen LogP contribution in [-0.2, 0) is 16.0 Å². The highest BCUT2D eigenvalue weighted by Crippen LogP contribution is 2.25. The maximum absolute atomic E-state index is 12.4. The molecule has 1 fully saturated rings. The van der Waals surface area contributed by atoms with Gasteiger partial charge in [0.25, 0.3) is 0 Å². The summed E-state index contributed by atoms with van der Waals surface area (Å²) in [5.74, 6) is 1.25. The lowest BCUT2D eigenvalue weighted by atomic mass is 10.1. The smallest absolute Gasteiger partial charge is 0.227 e. The van der Waals surface area contributed by atoms with Crippen molar-refractivity contribution in [3.05, 3.63) is 65.7 Å². The lowest BCUT2D eigenvalue weighted by Crippen LogP contribution is -2.23. The number of carbonyl (C=O) groups is 2. The van der Waals surface area contributed by atoms with E-state index in [1.54, 1.807) is 11.1 Å². The molecule has 2 amide bonds. The standard InChI is InChI=1S/C24H25N3O3/c1-16-8-9-18(13-17(16)2)21-15-25-23(30-21)11-10-22(28)26-19-5-3-6-20(14-19)27-12-4-7-24(27)29/h3,5-6,8-9,13-15H,4,7,10-12H2,1-2H3,(H,26,28). The number of amides is 2. The van der Waals surface area contributed by atoms with Gasteiger partial charge in [-0.1, -0.05) is 18.2 Å². The van der Waals surface area contributed by atoms with Gasteiger partial charge in [-0.2, -0.15) is 0 Å². The largest absolute Gasteiger partial charge is 0.441 e. The molecule has 6 nitrogen and oxygen atoms in total. The molecule has 1 aliphatic rings. The van der Waals surface area contributed by atoms with Crippen molar-refractivity contribution in [2.45, 2.75) is 39.5 Å². The fourth-order valence-electron chi connectivity index (χ4n) is 3.57.